The Labute approximate surface area is 168 Å². The molecular formula is C21H24F2N2O4. The van der Waals surface area contributed by atoms with Crippen LogP contribution in [0.5, 0.6) is 11.5 Å². The molecule has 1 atom stereocenters. The molecule has 0 aliphatic carbocycles. The van der Waals surface area contributed by atoms with Crippen LogP contribution in [0.15, 0.2) is 42.5 Å². The van der Waals surface area contributed by atoms with Gasteiger partial charge in [-0.1, -0.05) is 18.2 Å². The van der Waals surface area contributed by atoms with E-state index in [0.717, 1.165) is 5.56 Å². The maximum atomic E-state index is 12.6. The number of alkyl halides is 2. The van der Waals surface area contributed by atoms with Crippen molar-refractivity contribution >= 4 is 17.4 Å². The molecule has 6 nitrogen and oxygen atoms in total. The number of halogens is 2. The Morgan fingerprint density at radius 3 is 2.45 bits per heavy atom. The molecule has 0 aliphatic heterocycles. The highest BCUT2D eigenvalue weighted by molar-refractivity contribution is 6.04. The van der Waals surface area contributed by atoms with E-state index in [2.05, 4.69) is 10.1 Å². The van der Waals surface area contributed by atoms with Gasteiger partial charge in [0.15, 0.2) is 17.3 Å². The van der Waals surface area contributed by atoms with Crippen molar-refractivity contribution in [3.05, 3.63) is 53.6 Å². The summed E-state index contributed by atoms with van der Waals surface area (Å²) in [4.78, 5) is 26.1. The summed E-state index contributed by atoms with van der Waals surface area (Å²) >= 11 is 0. The highest BCUT2D eigenvalue weighted by Gasteiger charge is 2.20. The smallest absolute Gasteiger partial charge is 0.387 e. The number of Topliss-reactive ketones (excluding diaryl/α,β-unsaturated/α-hetero) is 1. The van der Waals surface area contributed by atoms with E-state index in [4.69, 9.17) is 4.74 Å². The van der Waals surface area contributed by atoms with Crippen molar-refractivity contribution in [3.8, 4) is 11.5 Å². The van der Waals surface area contributed by atoms with Crippen LogP contribution in [-0.4, -0.2) is 43.4 Å². The molecule has 1 N–H and O–H groups in total. The number of hydrogen-bond acceptors (Lipinski definition) is 5. The number of carbonyl (C=O) groups is 2. The highest BCUT2D eigenvalue weighted by Crippen LogP contribution is 2.30. The number of likely N-dealkylation sites (N-methyl/N-ethyl adjacent to an activating group) is 1. The summed E-state index contributed by atoms with van der Waals surface area (Å²) in [5.74, 6) is -0.282. The van der Waals surface area contributed by atoms with E-state index >= 15 is 0 Å². The first-order valence-electron chi connectivity index (χ1n) is 8.95. The molecule has 0 heterocycles. The van der Waals surface area contributed by atoms with Crippen LogP contribution in [0.25, 0.3) is 0 Å². The number of ether oxygens (including phenoxy) is 2. The van der Waals surface area contributed by atoms with Gasteiger partial charge >= 0.3 is 6.61 Å². The van der Waals surface area contributed by atoms with Crippen LogP contribution in [0.4, 0.5) is 14.5 Å². The summed E-state index contributed by atoms with van der Waals surface area (Å²) < 4.78 is 34.4. The summed E-state index contributed by atoms with van der Waals surface area (Å²) in [6, 6.07) is 10.9. The molecule has 2 aromatic carbocycles. The van der Waals surface area contributed by atoms with Gasteiger partial charge < -0.3 is 14.8 Å². The molecule has 2 rings (SSSR count). The van der Waals surface area contributed by atoms with Crippen molar-refractivity contribution in [3.63, 3.8) is 0 Å². The molecule has 29 heavy (non-hydrogen) atoms. The van der Waals surface area contributed by atoms with Gasteiger partial charge in [-0.3, -0.25) is 14.5 Å². The molecule has 0 saturated heterocycles. The Hall–Kier alpha value is -3.00. The van der Waals surface area contributed by atoms with Gasteiger partial charge in [0, 0.05) is 12.1 Å². The number of amides is 1. The number of benzene rings is 2. The summed E-state index contributed by atoms with van der Waals surface area (Å²) in [6.07, 6.45) is 0. The average molecular weight is 406 g/mol. The molecule has 1 unspecified atom stereocenters. The van der Waals surface area contributed by atoms with Gasteiger partial charge in [0.2, 0.25) is 5.91 Å². The number of carbonyl (C=O) groups excluding carboxylic acids is 2. The van der Waals surface area contributed by atoms with Gasteiger partial charge in [-0.05, 0) is 50.7 Å². The summed E-state index contributed by atoms with van der Waals surface area (Å²) in [5, 5.41) is 2.78. The Kier molecular flexibility index (Phi) is 7.67. The third-order valence-corrected chi connectivity index (χ3v) is 4.48. The van der Waals surface area contributed by atoms with Crippen LogP contribution >= 0.6 is 0 Å². The first-order chi connectivity index (χ1) is 13.7. The first-order valence-corrected chi connectivity index (χ1v) is 8.95. The maximum Gasteiger partial charge on any atom is 0.387 e. The third kappa shape index (κ3) is 5.99. The molecule has 2 aromatic rings. The van der Waals surface area contributed by atoms with Crippen molar-refractivity contribution in [2.24, 2.45) is 0 Å². The number of rotatable bonds is 9. The largest absolute Gasteiger partial charge is 0.493 e. The predicted octanol–water partition coefficient (Wildman–Crippen LogP) is 3.96. The number of nitrogens with zero attached hydrogens (tertiary/aromatic N) is 1. The summed E-state index contributed by atoms with van der Waals surface area (Å²) in [7, 11) is 3.13. The molecule has 0 fully saturated rings. The Morgan fingerprint density at radius 2 is 1.83 bits per heavy atom. The molecule has 0 radical (unpaired) electrons. The van der Waals surface area contributed by atoms with E-state index in [1.807, 2.05) is 0 Å². The van der Waals surface area contributed by atoms with Crippen molar-refractivity contribution in [1.82, 2.24) is 4.90 Å². The molecule has 0 bridgehead atoms. The maximum absolute atomic E-state index is 12.6. The number of anilines is 1. The number of nitrogens with one attached hydrogen (secondary N) is 1. The number of para-hydroxylation sites is 1. The number of hydrogen-bond donors (Lipinski definition) is 1. The molecule has 8 heteroatoms. The van der Waals surface area contributed by atoms with E-state index in [9.17, 15) is 18.4 Å². The second kappa shape index (κ2) is 9.97. The lowest BCUT2D eigenvalue weighted by molar-refractivity contribution is -0.120. The number of methoxy groups -OCH3 is 1. The molecule has 0 aliphatic rings. The SMILES string of the molecule is COc1cc(CN(C)C(C)C(=O)Nc2ccccc2C(C)=O)ccc1OC(F)F. The monoisotopic (exact) mass is 406 g/mol. The molecule has 0 aromatic heterocycles. The fraction of sp³-hybridized carbons (Fsp3) is 0.333. The molecular weight excluding hydrogens is 382 g/mol. The molecule has 1 amide bonds. The van der Waals surface area contributed by atoms with E-state index < -0.39 is 12.7 Å². The summed E-state index contributed by atoms with van der Waals surface area (Å²) in [5.41, 5.74) is 1.66. The second-order valence-electron chi connectivity index (χ2n) is 6.55. The topological polar surface area (TPSA) is 67.9 Å². The fourth-order valence-electron chi connectivity index (χ4n) is 2.77. The van der Waals surface area contributed by atoms with Crippen LogP contribution in [0.3, 0.4) is 0 Å². The van der Waals surface area contributed by atoms with Gasteiger partial charge in [-0.15, -0.1) is 0 Å². The zero-order valence-electron chi connectivity index (χ0n) is 16.7. The van der Waals surface area contributed by atoms with Crippen LogP contribution in [0.2, 0.25) is 0 Å². The van der Waals surface area contributed by atoms with Crippen LogP contribution in [0.1, 0.15) is 29.8 Å². The Balaban J connectivity index is 2.07. The predicted molar refractivity (Wildman–Crippen MR) is 106 cm³/mol. The minimum atomic E-state index is -2.95. The first kappa shape index (κ1) is 22.3. The van der Waals surface area contributed by atoms with Crippen LogP contribution in [-0.2, 0) is 11.3 Å². The third-order valence-electron chi connectivity index (χ3n) is 4.48. The van der Waals surface area contributed by atoms with E-state index in [1.54, 1.807) is 55.3 Å². The van der Waals surface area contributed by atoms with Gasteiger partial charge in [0.05, 0.1) is 18.8 Å². The summed E-state index contributed by atoms with van der Waals surface area (Å²) in [6.45, 7) is 0.597. The van der Waals surface area contributed by atoms with E-state index in [-0.39, 0.29) is 23.2 Å². The second-order valence-corrected chi connectivity index (χ2v) is 6.55. The minimum Gasteiger partial charge on any atom is -0.493 e. The lowest BCUT2D eigenvalue weighted by atomic mass is 10.1. The fourth-order valence-corrected chi connectivity index (χ4v) is 2.77. The normalized spacial score (nSPS) is 12.0. The van der Waals surface area contributed by atoms with Crippen molar-refractivity contribution in [2.75, 3.05) is 19.5 Å². The van der Waals surface area contributed by atoms with Crippen molar-refractivity contribution < 1.29 is 27.8 Å². The Bertz CT molecular complexity index is 874. The Morgan fingerprint density at radius 1 is 1.14 bits per heavy atom. The van der Waals surface area contributed by atoms with Gasteiger partial charge in [0.1, 0.15) is 0 Å². The zero-order valence-corrected chi connectivity index (χ0v) is 16.7. The van der Waals surface area contributed by atoms with E-state index in [0.29, 0.717) is 17.8 Å². The number of ketones is 1. The van der Waals surface area contributed by atoms with Gasteiger partial charge in [0.25, 0.3) is 0 Å². The van der Waals surface area contributed by atoms with Crippen LogP contribution < -0.4 is 14.8 Å². The molecule has 0 spiro atoms. The quantitative estimate of drug-likeness (QED) is 0.639. The van der Waals surface area contributed by atoms with Crippen molar-refractivity contribution in [1.29, 1.82) is 0 Å². The minimum absolute atomic E-state index is 0.0551. The van der Waals surface area contributed by atoms with Gasteiger partial charge in [-0.2, -0.15) is 8.78 Å². The molecule has 156 valence electrons. The average Bonchev–Trinajstić information content (AvgIpc) is 2.68. The van der Waals surface area contributed by atoms with Crippen LogP contribution in [0, 0.1) is 0 Å². The highest BCUT2D eigenvalue weighted by atomic mass is 19.3. The zero-order chi connectivity index (χ0) is 21.6. The standard InChI is InChI=1S/C21H24F2N2O4/c1-13(20(27)24-17-8-6-5-7-16(17)14(2)26)25(3)12-15-9-10-18(29-21(22)23)19(11-15)28-4/h5-11,13,21H,12H2,1-4H3,(H,24,27). The lowest BCUT2D eigenvalue weighted by Crippen LogP contribution is -2.39. The van der Waals surface area contributed by atoms with Crippen molar-refractivity contribution in [2.45, 2.75) is 33.0 Å². The lowest BCUT2D eigenvalue weighted by Gasteiger charge is -2.24. The van der Waals surface area contributed by atoms with Gasteiger partial charge in [-0.25, -0.2) is 0 Å². The van der Waals surface area contributed by atoms with E-state index in [1.165, 1.54) is 20.1 Å². The molecule has 0 saturated carbocycles.